The molecule has 1 unspecified atom stereocenters. The second-order valence-corrected chi connectivity index (χ2v) is 5.22. The van der Waals surface area contributed by atoms with Crippen molar-refractivity contribution in [1.29, 1.82) is 0 Å². The molecule has 0 amide bonds. The first-order valence-corrected chi connectivity index (χ1v) is 6.84. The third kappa shape index (κ3) is 2.35. The molecular formula is C16H15ClO3. The van der Waals surface area contributed by atoms with Gasteiger partial charge in [-0.3, -0.25) is 0 Å². The molecule has 0 radical (unpaired) electrons. The third-order valence-electron chi connectivity index (χ3n) is 3.52. The van der Waals surface area contributed by atoms with Crippen molar-refractivity contribution >= 4 is 11.6 Å². The summed E-state index contributed by atoms with van der Waals surface area (Å²) in [6.45, 7) is 0. The van der Waals surface area contributed by atoms with Crippen LogP contribution in [0.4, 0.5) is 0 Å². The van der Waals surface area contributed by atoms with Gasteiger partial charge in [0.25, 0.3) is 0 Å². The van der Waals surface area contributed by atoms with Crippen molar-refractivity contribution in [2.45, 2.75) is 18.6 Å². The Morgan fingerprint density at radius 2 is 2.00 bits per heavy atom. The van der Waals surface area contributed by atoms with Crippen LogP contribution in [-0.4, -0.2) is 12.2 Å². The van der Waals surface area contributed by atoms with E-state index in [-0.39, 0.29) is 6.10 Å². The number of methoxy groups -OCH3 is 1. The Morgan fingerprint density at radius 1 is 1.20 bits per heavy atom. The summed E-state index contributed by atoms with van der Waals surface area (Å²) >= 11 is 5.96. The van der Waals surface area contributed by atoms with Gasteiger partial charge in [-0.05, 0) is 24.3 Å². The SMILES string of the molecule is COc1ccccc1C1C[C@H](O)c2cc(Cl)ccc2O1. The Bertz CT molecular complexity index is 627. The number of fused-ring (bicyclic) bond motifs is 1. The number of hydrogen-bond donors (Lipinski definition) is 1. The molecule has 0 bridgehead atoms. The minimum absolute atomic E-state index is 0.227. The zero-order valence-electron chi connectivity index (χ0n) is 11.0. The highest BCUT2D eigenvalue weighted by Crippen LogP contribution is 2.43. The lowest BCUT2D eigenvalue weighted by atomic mass is 9.94. The van der Waals surface area contributed by atoms with Crippen molar-refractivity contribution in [3.8, 4) is 11.5 Å². The number of aliphatic hydroxyl groups is 1. The van der Waals surface area contributed by atoms with Gasteiger partial charge in [0, 0.05) is 22.6 Å². The summed E-state index contributed by atoms with van der Waals surface area (Å²) in [5.74, 6) is 1.44. The predicted molar refractivity (Wildman–Crippen MR) is 77.4 cm³/mol. The van der Waals surface area contributed by atoms with Crippen LogP contribution >= 0.6 is 11.6 Å². The van der Waals surface area contributed by atoms with Crippen LogP contribution in [0.1, 0.15) is 29.8 Å². The largest absolute Gasteiger partial charge is 0.496 e. The van der Waals surface area contributed by atoms with Gasteiger partial charge in [-0.1, -0.05) is 29.8 Å². The number of halogens is 1. The molecule has 20 heavy (non-hydrogen) atoms. The van der Waals surface area contributed by atoms with Crippen LogP contribution in [0.25, 0.3) is 0 Å². The first-order valence-electron chi connectivity index (χ1n) is 6.46. The zero-order chi connectivity index (χ0) is 14.1. The highest BCUT2D eigenvalue weighted by Gasteiger charge is 2.29. The minimum atomic E-state index is -0.590. The molecule has 0 saturated heterocycles. The first kappa shape index (κ1) is 13.3. The molecule has 1 aliphatic heterocycles. The Labute approximate surface area is 122 Å². The number of rotatable bonds is 2. The molecule has 3 rings (SSSR count). The van der Waals surface area contributed by atoms with Gasteiger partial charge < -0.3 is 14.6 Å². The van der Waals surface area contributed by atoms with Crippen LogP contribution in [0.3, 0.4) is 0 Å². The summed E-state index contributed by atoms with van der Waals surface area (Å²) in [7, 11) is 1.63. The van der Waals surface area contributed by atoms with E-state index in [0.29, 0.717) is 17.2 Å². The average Bonchev–Trinajstić information content (AvgIpc) is 2.47. The molecular weight excluding hydrogens is 276 g/mol. The second-order valence-electron chi connectivity index (χ2n) is 4.78. The van der Waals surface area contributed by atoms with Crippen molar-refractivity contribution < 1.29 is 14.6 Å². The monoisotopic (exact) mass is 290 g/mol. The molecule has 0 fully saturated rings. The van der Waals surface area contributed by atoms with Gasteiger partial charge >= 0.3 is 0 Å². The maximum absolute atomic E-state index is 10.3. The van der Waals surface area contributed by atoms with E-state index in [1.807, 2.05) is 24.3 Å². The molecule has 104 valence electrons. The summed E-state index contributed by atoms with van der Waals surface area (Å²) in [4.78, 5) is 0. The lowest BCUT2D eigenvalue weighted by Gasteiger charge is -2.30. The van der Waals surface area contributed by atoms with Crippen molar-refractivity contribution in [2.24, 2.45) is 0 Å². The van der Waals surface area contributed by atoms with Gasteiger partial charge in [-0.25, -0.2) is 0 Å². The molecule has 1 N–H and O–H groups in total. The molecule has 1 aliphatic rings. The van der Waals surface area contributed by atoms with E-state index in [1.165, 1.54) is 0 Å². The summed E-state index contributed by atoms with van der Waals surface area (Å²) in [5, 5.41) is 10.9. The van der Waals surface area contributed by atoms with Crippen LogP contribution in [0.15, 0.2) is 42.5 Å². The molecule has 0 saturated carbocycles. The number of aliphatic hydroxyl groups excluding tert-OH is 1. The fraction of sp³-hybridized carbons (Fsp3) is 0.250. The number of para-hydroxylation sites is 1. The van der Waals surface area contributed by atoms with Crippen molar-refractivity contribution in [3.63, 3.8) is 0 Å². The Hall–Kier alpha value is -1.71. The molecule has 4 heteroatoms. The number of benzene rings is 2. The van der Waals surface area contributed by atoms with E-state index in [1.54, 1.807) is 25.3 Å². The van der Waals surface area contributed by atoms with Gasteiger partial charge in [0.1, 0.15) is 17.6 Å². The van der Waals surface area contributed by atoms with Crippen molar-refractivity contribution in [1.82, 2.24) is 0 Å². The van der Waals surface area contributed by atoms with E-state index in [9.17, 15) is 5.11 Å². The summed E-state index contributed by atoms with van der Waals surface area (Å²) in [5.41, 5.74) is 1.68. The standard InChI is InChI=1S/C16H15ClO3/c1-19-14-5-3-2-4-11(14)16-9-13(18)12-8-10(17)6-7-15(12)20-16/h2-8,13,16,18H,9H2,1H3/t13-,16?/m0/s1. The van der Waals surface area contributed by atoms with Crippen LogP contribution in [0.2, 0.25) is 5.02 Å². The summed E-state index contributed by atoms with van der Waals surface area (Å²) in [6.07, 6.45) is -0.338. The van der Waals surface area contributed by atoms with Gasteiger partial charge in [0.15, 0.2) is 0 Å². The average molecular weight is 291 g/mol. The molecule has 2 aromatic rings. The van der Waals surface area contributed by atoms with Crippen LogP contribution in [0, 0.1) is 0 Å². The number of ether oxygens (including phenoxy) is 2. The van der Waals surface area contributed by atoms with Crippen LogP contribution < -0.4 is 9.47 Å². The molecule has 2 aromatic carbocycles. The summed E-state index contributed by atoms with van der Waals surface area (Å²) < 4.78 is 11.3. The highest BCUT2D eigenvalue weighted by atomic mass is 35.5. The third-order valence-corrected chi connectivity index (χ3v) is 3.76. The topological polar surface area (TPSA) is 38.7 Å². The molecule has 3 nitrogen and oxygen atoms in total. The number of hydrogen-bond acceptors (Lipinski definition) is 3. The quantitative estimate of drug-likeness (QED) is 0.911. The fourth-order valence-corrected chi connectivity index (χ4v) is 2.72. The van der Waals surface area contributed by atoms with Gasteiger partial charge in [0.05, 0.1) is 13.2 Å². The van der Waals surface area contributed by atoms with E-state index >= 15 is 0 Å². The molecule has 0 aromatic heterocycles. The minimum Gasteiger partial charge on any atom is -0.496 e. The lowest BCUT2D eigenvalue weighted by molar-refractivity contribution is 0.0645. The summed E-state index contributed by atoms with van der Waals surface area (Å²) in [6, 6.07) is 13.0. The molecule has 0 spiro atoms. The lowest BCUT2D eigenvalue weighted by Crippen LogP contribution is -2.19. The zero-order valence-corrected chi connectivity index (χ0v) is 11.8. The van der Waals surface area contributed by atoms with Gasteiger partial charge in [-0.2, -0.15) is 0 Å². The Kier molecular flexibility index (Phi) is 3.55. The fourth-order valence-electron chi connectivity index (χ4n) is 2.54. The second kappa shape index (κ2) is 5.35. The smallest absolute Gasteiger partial charge is 0.130 e. The predicted octanol–water partition coefficient (Wildman–Crippen LogP) is 3.91. The maximum Gasteiger partial charge on any atom is 0.130 e. The van der Waals surface area contributed by atoms with E-state index in [0.717, 1.165) is 16.9 Å². The first-order chi connectivity index (χ1) is 9.69. The van der Waals surface area contributed by atoms with Gasteiger partial charge in [-0.15, -0.1) is 0 Å². The molecule has 1 heterocycles. The van der Waals surface area contributed by atoms with E-state index in [2.05, 4.69) is 0 Å². The normalized spacial score (nSPS) is 20.9. The maximum atomic E-state index is 10.3. The van der Waals surface area contributed by atoms with Crippen molar-refractivity contribution in [3.05, 3.63) is 58.6 Å². The molecule has 2 atom stereocenters. The Morgan fingerprint density at radius 3 is 2.80 bits per heavy atom. The van der Waals surface area contributed by atoms with E-state index < -0.39 is 6.10 Å². The van der Waals surface area contributed by atoms with E-state index in [4.69, 9.17) is 21.1 Å². The van der Waals surface area contributed by atoms with Gasteiger partial charge in [0.2, 0.25) is 0 Å². The highest BCUT2D eigenvalue weighted by molar-refractivity contribution is 6.30. The van der Waals surface area contributed by atoms with Crippen LogP contribution in [0.5, 0.6) is 11.5 Å². The molecule has 0 aliphatic carbocycles. The van der Waals surface area contributed by atoms with Crippen LogP contribution in [-0.2, 0) is 0 Å². The Balaban J connectivity index is 1.97. The van der Waals surface area contributed by atoms with Crippen molar-refractivity contribution in [2.75, 3.05) is 7.11 Å².